The fourth-order valence-corrected chi connectivity index (χ4v) is 3.14. The molecule has 4 rings (SSSR count). The molecule has 6 heteroatoms. The van der Waals surface area contributed by atoms with Crippen LogP contribution in [-0.2, 0) is 4.79 Å². The first-order valence-electron chi connectivity index (χ1n) is 8.56. The standard InChI is InChI=1S/C20H20N4O2/c1-12-8-15-16(11-26-17(15)9-13(12)2)20(25)22-19-10-14(3)23-24(19)18-6-4-5-7-21-18/h4-10,16H,11H2,1-3H3,(H,22,25). The molecule has 1 aliphatic rings. The molecular formula is C20H20N4O2. The number of benzene rings is 1. The summed E-state index contributed by atoms with van der Waals surface area (Å²) >= 11 is 0. The Labute approximate surface area is 151 Å². The van der Waals surface area contributed by atoms with Crippen LogP contribution in [0.25, 0.3) is 5.82 Å². The van der Waals surface area contributed by atoms with Gasteiger partial charge in [-0.2, -0.15) is 9.78 Å². The molecule has 1 amide bonds. The van der Waals surface area contributed by atoms with E-state index in [1.165, 1.54) is 0 Å². The predicted molar refractivity (Wildman–Crippen MR) is 98.9 cm³/mol. The first kappa shape index (κ1) is 16.3. The van der Waals surface area contributed by atoms with Gasteiger partial charge in [0.25, 0.3) is 0 Å². The Morgan fingerprint density at radius 2 is 2.00 bits per heavy atom. The smallest absolute Gasteiger partial charge is 0.236 e. The number of nitrogens with zero attached hydrogens (tertiary/aromatic N) is 3. The predicted octanol–water partition coefficient (Wildman–Crippen LogP) is 3.31. The van der Waals surface area contributed by atoms with Crippen molar-refractivity contribution in [1.29, 1.82) is 0 Å². The average molecular weight is 348 g/mol. The highest BCUT2D eigenvalue weighted by atomic mass is 16.5. The minimum atomic E-state index is -0.336. The van der Waals surface area contributed by atoms with Crippen LogP contribution in [0.2, 0.25) is 0 Å². The van der Waals surface area contributed by atoms with E-state index in [4.69, 9.17) is 4.74 Å². The summed E-state index contributed by atoms with van der Waals surface area (Å²) in [5.74, 6) is 1.61. The molecule has 26 heavy (non-hydrogen) atoms. The van der Waals surface area contributed by atoms with Crippen LogP contribution in [0.3, 0.4) is 0 Å². The molecule has 0 spiro atoms. The molecule has 1 aliphatic heterocycles. The number of anilines is 1. The molecule has 0 aliphatic carbocycles. The molecule has 1 N–H and O–H groups in total. The molecular weight excluding hydrogens is 328 g/mol. The summed E-state index contributed by atoms with van der Waals surface area (Å²) in [7, 11) is 0. The van der Waals surface area contributed by atoms with Crippen LogP contribution in [0.1, 0.15) is 28.3 Å². The fraction of sp³-hybridized carbons (Fsp3) is 0.250. The second-order valence-electron chi connectivity index (χ2n) is 6.60. The maximum absolute atomic E-state index is 12.9. The summed E-state index contributed by atoms with van der Waals surface area (Å²) in [6, 6.07) is 11.5. The number of hydrogen-bond acceptors (Lipinski definition) is 4. The van der Waals surface area contributed by atoms with Crippen LogP contribution >= 0.6 is 0 Å². The third-order valence-electron chi connectivity index (χ3n) is 4.67. The van der Waals surface area contributed by atoms with Crippen LogP contribution in [0.4, 0.5) is 5.82 Å². The average Bonchev–Trinajstić information content (AvgIpc) is 3.19. The zero-order valence-corrected chi connectivity index (χ0v) is 15.0. The highest BCUT2D eigenvalue weighted by molar-refractivity contribution is 5.96. The number of rotatable bonds is 3. The first-order chi connectivity index (χ1) is 12.5. The highest BCUT2D eigenvalue weighted by Gasteiger charge is 2.31. The van der Waals surface area contributed by atoms with Crippen molar-refractivity contribution in [2.45, 2.75) is 26.7 Å². The second kappa shape index (κ2) is 6.29. The van der Waals surface area contributed by atoms with Crippen molar-refractivity contribution in [1.82, 2.24) is 14.8 Å². The lowest BCUT2D eigenvalue weighted by atomic mass is 9.96. The SMILES string of the molecule is Cc1cc(NC(=O)C2COc3cc(C)c(C)cc32)n(-c2ccccn2)n1. The van der Waals surface area contributed by atoms with E-state index in [1.807, 2.05) is 57.2 Å². The van der Waals surface area contributed by atoms with E-state index in [0.29, 0.717) is 18.2 Å². The van der Waals surface area contributed by atoms with Gasteiger partial charge in [0, 0.05) is 17.8 Å². The van der Waals surface area contributed by atoms with Gasteiger partial charge in [0.2, 0.25) is 5.91 Å². The third-order valence-corrected chi connectivity index (χ3v) is 4.67. The first-order valence-corrected chi connectivity index (χ1v) is 8.56. The van der Waals surface area contributed by atoms with Crippen molar-refractivity contribution in [3.63, 3.8) is 0 Å². The molecule has 1 aromatic carbocycles. The van der Waals surface area contributed by atoms with E-state index in [0.717, 1.165) is 28.1 Å². The Morgan fingerprint density at radius 3 is 2.77 bits per heavy atom. The summed E-state index contributed by atoms with van der Waals surface area (Å²) in [6.07, 6.45) is 1.70. The van der Waals surface area contributed by atoms with E-state index in [-0.39, 0.29) is 11.8 Å². The number of carbonyl (C=O) groups is 1. The zero-order valence-electron chi connectivity index (χ0n) is 15.0. The van der Waals surface area contributed by atoms with Gasteiger partial charge in [0.15, 0.2) is 5.82 Å². The highest BCUT2D eigenvalue weighted by Crippen LogP contribution is 2.36. The molecule has 6 nitrogen and oxygen atoms in total. The van der Waals surface area contributed by atoms with Gasteiger partial charge in [-0.3, -0.25) is 4.79 Å². The van der Waals surface area contributed by atoms with Gasteiger partial charge >= 0.3 is 0 Å². The maximum atomic E-state index is 12.9. The number of fused-ring (bicyclic) bond motifs is 1. The molecule has 0 radical (unpaired) electrons. The molecule has 0 fully saturated rings. The fourth-order valence-electron chi connectivity index (χ4n) is 3.14. The normalized spacial score (nSPS) is 15.4. The van der Waals surface area contributed by atoms with Crippen molar-refractivity contribution >= 4 is 11.7 Å². The molecule has 0 saturated heterocycles. The largest absolute Gasteiger partial charge is 0.492 e. The summed E-state index contributed by atoms with van der Waals surface area (Å²) in [4.78, 5) is 17.2. The number of carbonyl (C=O) groups excluding carboxylic acids is 1. The van der Waals surface area contributed by atoms with Gasteiger partial charge in [-0.25, -0.2) is 4.98 Å². The quantitative estimate of drug-likeness (QED) is 0.788. The van der Waals surface area contributed by atoms with Gasteiger partial charge < -0.3 is 10.1 Å². The Hall–Kier alpha value is -3.15. The Balaban J connectivity index is 1.63. The lowest BCUT2D eigenvalue weighted by molar-refractivity contribution is -0.117. The van der Waals surface area contributed by atoms with E-state index in [9.17, 15) is 4.79 Å². The van der Waals surface area contributed by atoms with Gasteiger partial charge in [-0.15, -0.1) is 0 Å². The minimum absolute atomic E-state index is 0.107. The van der Waals surface area contributed by atoms with Crippen LogP contribution in [0, 0.1) is 20.8 Å². The number of aryl methyl sites for hydroxylation is 3. The molecule has 1 atom stereocenters. The van der Waals surface area contributed by atoms with Gasteiger partial charge in [0.1, 0.15) is 24.1 Å². The Bertz CT molecular complexity index is 979. The lowest BCUT2D eigenvalue weighted by Gasteiger charge is -2.12. The lowest BCUT2D eigenvalue weighted by Crippen LogP contribution is -2.23. The van der Waals surface area contributed by atoms with Crippen molar-refractivity contribution in [3.8, 4) is 11.6 Å². The van der Waals surface area contributed by atoms with Gasteiger partial charge in [-0.1, -0.05) is 12.1 Å². The summed E-state index contributed by atoms with van der Waals surface area (Å²) in [5.41, 5.74) is 4.06. The van der Waals surface area contributed by atoms with E-state index >= 15 is 0 Å². The van der Waals surface area contributed by atoms with Gasteiger partial charge in [0.05, 0.1) is 5.69 Å². The monoisotopic (exact) mass is 348 g/mol. The molecule has 0 saturated carbocycles. The van der Waals surface area contributed by atoms with Crippen LogP contribution in [0.15, 0.2) is 42.6 Å². The Morgan fingerprint density at radius 1 is 1.19 bits per heavy atom. The molecule has 0 bridgehead atoms. The van der Waals surface area contributed by atoms with E-state index in [2.05, 4.69) is 15.4 Å². The number of aromatic nitrogens is 3. The van der Waals surface area contributed by atoms with Crippen molar-refractivity contribution in [2.24, 2.45) is 0 Å². The van der Waals surface area contributed by atoms with Crippen LogP contribution in [-0.4, -0.2) is 27.3 Å². The zero-order chi connectivity index (χ0) is 18.3. The summed E-state index contributed by atoms with van der Waals surface area (Å²) in [6.45, 7) is 6.32. The second-order valence-corrected chi connectivity index (χ2v) is 6.60. The summed E-state index contributed by atoms with van der Waals surface area (Å²) in [5, 5.41) is 7.43. The Kier molecular flexibility index (Phi) is 3.95. The topological polar surface area (TPSA) is 69.0 Å². The number of hydrogen-bond donors (Lipinski definition) is 1. The molecule has 3 heterocycles. The number of nitrogens with one attached hydrogen (secondary N) is 1. The van der Waals surface area contributed by atoms with Crippen molar-refractivity contribution in [2.75, 3.05) is 11.9 Å². The number of ether oxygens (including phenoxy) is 1. The van der Waals surface area contributed by atoms with E-state index in [1.54, 1.807) is 10.9 Å². The minimum Gasteiger partial charge on any atom is -0.492 e. The van der Waals surface area contributed by atoms with Gasteiger partial charge in [-0.05, 0) is 50.1 Å². The molecule has 1 unspecified atom stereocenters. The summed E-state index contributed by atoms with van der Waals surface area (Å²) < 4.78 is 7.37. The molecule has 3 aromatic rings. The number of pyridine rings is 1. The van der Waals surface area contributed by atoms with Crippen LogP contribution in [0.5, 0.6) is 5.75 Å². The third kappa shape index (κ3) is 2.83. The number of amides is 1. The van der Waals surface area contributed by atoms with Crippen molar-refractivity contribution < 1.29 is 9.53 Å². The maximum Gasteiger partial charge on any atom is 0.236 e. The molecule has 2 aromatic heterocycles. The van der Waals surface area contributed by atoms with E-state index < -0.39 is 0 Å². The van der Waals surface area contributed by atoms with Crippen LogP contribution < -0.4 is 10.1 Å². The molecule has 132 valence electrons. The van der Waals surface area contributed by atoms with Crippen molar-refractivity contribution in [3.05, 3.63) is 65.0 Å².